The molecule has 0 saturated heterocycles. The van der Waals surface area contributed by atoms with Crippen LogP contribution >= 0.6 is 19.5 Å². The molecule has 0 spiro atoms. The van der Waals surface area contributed by atoms with E-state index in [1.807, 2.05) is 6.07 Å². The Kier molecular flexibility index (Phi) is 6.95. The van der Waals surface area contributed by atoms with Crippen LogP contribution in [0.3, 0.4) is 0 Å². The van der Waals surface area contributed by atoms with Crippen molar-refractivity contribution in [3.05, 3.63) is 114 Å². The zero-order valence-electron chi connectivity index (χ0n) is 15.7. The molecular formula is C25H22ClNiP+2. The van der Waals surface area contributed by atoms with Crippen LogP contribution in [0.25, 0.3) is 0 Å². The SMILES string of the molecule is CCC1(c2c(Cl)cccc2P(c2ccccc2)c2ccccc2)C=CC=C1.[Ni+2]. The minimum atomic E-state index is -0.689. The second-order valence-corrected chi connectivity index (χ2v) is 9.35. The summed E-state index contributed by atoms with van der Waals surface area (Å²) in [5, 5.41) is 4.89. The zero-order chi connectivity index (χ0) is 18.7. The van der Waals surface area contributed by atoms with E-state index in [4.69, 9.17) is 11.6 Å². The normalized spacial score (nSPS) is 14.2. The first-order valence-electron chi connectivity index (χ1n) is 9.31. The number of hydrogen-bond acceptors (Lipinski definition) is 0. The average molecular weight is 448 g/mol. The quantitative estimate of drug-likeness (QED) is 0.339. The predicted octanol–water partition coefficient (Wildman–Crippen LogP) is 5.87. The van der Waals surface area contributed by atoms with Gasteiger partial charge in [-0.2, -0.15) is 0 Å². The molecule has 4 rings (SSSR count). The van der Waals surface area contributed by atoms with Gasteiger partial charge in [-0.25, -0.2) is 0 Å². The van der Waals surface area contributed by atoms with Crippen LogP contribution in [0.4, 0.5) is 0 Å². The summed E-state index contributed by atoms with van der Waals surface area (Å²) in [4.78, 5) is 0. The smallest absolute Gasteiger partial charge is 0.0840 e. The molecule has 3 aromatic carbocycles. The van der Waals surface area contributed by atoms with Gasteiger partial charge in [0.1, 0.15) is 0 Å². The maximum atomic E-state index is 6.84. The Balaban J connectivity index is 0.00000225. The van der Waals surface area contributed by atoms with Crippen molar-refractivity contribution in [1.82, 2.24) is 0 Å². The van der Waals surface area contributed by atoms with Crippen LogP contribution in [-0.4, -0.2) is 0 Å². The number of rotatable bonds is 5. The summed E-state index contributed by atoms with van der Waals surface area (Å²) < 4.78 is 0. The van der Waals surface area contributed by atoms with Crippen molar-refractivity contribution in [3.8, 4) is 0 Å². The van der Waals surface area contributed by atoms with Crippen LogP contribution in [0.1, 0.15) is 18.9 Å². The van der Waals surface area contributed by atoms with E-state index in [0.29, 0.717) is 0 Å². The van der Waals surface area contributed by atoms with E-state index < -0.39 is 7.92 Å². The second-order valence-electron chi connectivity index (χ2n) is 6.75. The maximum Gasteiger partial charge on any atom is 2.00 e. The number of benzene rings is 3. The first-order valence-corrected chi connectivity index (χ1v) is 11.0. The summed E-state index contributed by atoms with van der Waals surface area (Å²) >= 11 is 6.84. The molecule has 0 unspecified atom stereocenters. The van der Waals surface area contributed by atoms with Crippen molar-refractivity contribution in [1.29, 1.82) is 0 Å². The molecule has 142 valence electrons. The van der Waals surface area contributed by atoms with Gasteiger partial charge in [0, 0.05) is 10.4 Å². The summed E-state index contributed by atoms with van der Waals surface area (Å²) in [5.74, 6) is 0. The van der Waals surface area contributed by atoms with Gasteiger partial charge in [0.15, 0.2) is 0 Å². The van der Waals surface area contributed by atoms with Crippen LogP contribution in [0.5, 0.6) is 0 Å². The summed E-state index contributed by atoms with van der Waals surface area (Å²) in [6.07, 6.45) is 9.86. The molecule has 3 aromatic rings. The molecule has 0 saturated carbocycles. The molecule has 0 amide bonds. The summed E-state index contributed by atoms with van der Waals surface area (Å²) in [6.45, 7) is 2.24. The second kappa shape index (κ2) is 9.23. The van der Waals surface area contributed by atoms with Gasteiger partial charge < -0.3 is 0 Å². The van der Waals surface area contributed by atoms with Crippen LogP contribution in [0, 0.1) is 0 Å². The van der Waals surface area contributed by atoms with E-state index in [0.717, 1.165) is 11.4 Å². The minimum Gasteiger partial charge on any atom is -0.0840 e. The Morgan fingerprint density at radius 1 is 0.750 bits per heavy atom. The Morgan fingerprint density at radius 2 is 1.29 bits per heavy atom. The number of allylic oxidation sites excluding steroid dienone is 4. The standard InChI is InChI=1S/C25H22ClP.Ni/c1-2-25(18-9-10-19-25)24-22(26)16-11-17-23(24)27(20-12-5-3-6-13-20)21-14-7-4-8-15-21;/h3-19H,2H2,1H3;/q;+2. The third kappa shape index (κ3) is 3.90. The molecule has 0 nitrogen and oxygen atoms in total. The monoisotopic (exact) mass is 446 g/mol. The predicted molar refractivity (Wildman–Crippen MR) is 120 cm³/mol. The Hall–Kier alpha value is -1.65. The van der Waals surface area contributed by atoms with Crippen molar-refractivity contribution < 1.29 is 16.5 Å². The largest absolute Gasteiger partial charge is 2.00 e. The zero-order valence-corrected chi connectivity index (χ0v) is 18.3. The molecule has 0 aliphatic heterocycles. The Bertz CT molecular complexity index is 928. The molecular weight excluding hydrogens is 425 g/mol. The summed E-state index contributed by atoms with van der Waals surface area (Å²) in [7, 11) is -0.689. The van der Waals surface area contributed by atoms with Gasteiger partial charge in [0.2, 0.25) is 0 Å². The molecule has 28 heavy (non-hydrogen) atoms. The molecule has 1 aliphatic carbocycles. The third-order valence-electron chi connectivity index (χ3n) is 5.21. The van der Waals surface area contributed by atoms with Crippen molar-refractivity contribution in [2.75, 3.05) is 0 Å². The van der Waals surface area contributed by atoms with Gasteiger partial charge in [-0.05, 0) is 41.9 Å². The molecule has 0 heterocycles. The molecule has 1 aliphatic rings. The van der Waals surface area contributed by atoms with Gasteiger partial charge in [0.05, 0.1) is 0 Å². The van der Waals surface area contributed by atoms with Crippen LogP contribution in [-0.2, 0) is 21.9 Å². The minimum absolute atomic E-state index is 0. The third-order valence-corrected chi connectivity index (χ3v) is 8.01. The topological polar surface area (TPSA) is 0 Å². The fourth-order valence-corrected chi connectivity index (χ4v) is 6.83. The maximum absolute atomic E-state index is 6.84. The van der Waals surface area contributed by atoms with E-state index in [1.54, 1.807) is 0 Å². The fraction of sp³-hybridized carbons (Fsp3) is 0.120. The Morgan fingerprint density at radius 3 is 1.79 bits per heavy atom. The van der Waals surface area contributed by atoms with Crippen LogP contribution in [0.15, 0.2) is 103 Å². The molecule has 3 heteroatoms. The first kappa shape index (κ1) is 21.1. The molecule has 0 fully saturated rings. The van der Waals surface area contributed by atoms with E-state index in [-0.39, 0.29) is 21.9 Å². The van der Waals surface area contributed by atoms with Crippen molar-refractivity contribution in [3.63, 3.8) is 0 Å². The van der Waals surface area contributed by atoms with E-state index in [1.165, 1.54) is 21.5 Å². The van der Waals surface area contributed by atoms with Crippen molar-refractivity contribution in [2.45, 2.75) is 18.8 Å². The van der Waals surface area contributed by atoms with Gasteiger partial charge in [-0.3, -0.25) is 0 Å². The van der Waals surface area contributed by atoms with Gasteiger partial charge in [0.25, 0.3) is 0 Å². The Labute approximate surface area is 184 Å². The van der Waals surface area contributed by atoms with E-state index in [2.05, 4.69) is 104 Å². The van der Waals surface area contributed by atoms with Crippen LogP contribution in [0.2, 0.25) is 5.02 Å². The number of hydrogen-bond donors (Lipinski definition) is 0. The summed E-state index contributed by atoms with van der Waals surface area (Å²) in [6, 6.07) is 28.0. The molecule has 0 aromatic heterocycles. The molecule has 0 atom stereocenters. The first-order chi connectivity index (χ1) is 13.2. The van der Waals surface area contributed by atoms with E-state index >= 15 is 0 Å². The van der Waals surface area contributed by atoms with Crippen LogP contribution < -0.4 is 15.9 Å². The van der Waals surface area contributed by atoms with E-state index in [9.17, 15) is 0 Å². The molecule has 0 N–H and O–H groups in total. The summed E-state index contributed by atoms with van der Waals surface area (Å²) in [5.41, 5.74) is 1.12. The average Bonchev–Trinajstić information content (AvgIpc) is 3.20. The van der Waals surface area contributed by atoms with Gasteiger partial charge >= 0.3 is 16.5 Å². The number of halogens is 1. The van der Waals surface area contributed by atoms with Gasteiger partial charge in [-0.15, -0.1) is 0 Å². The van der Waals surface area contributed by atoms with Crippen molar-refractivity contribution >= 4 is 35.4 Å². The van der Waals surface area contributed by atoms with Crippen molar-refractivity contribution in [2.24, 2.45) is 0 Å². The fourth-order valence-electron chi connectivity index (χ4n) is 3.83. The molecule has 0 radical (unpaired) electrons. The molecule has 0 bridgehead atoms. The van der Waals surface area contributed by atoms with Gasteiger partial charge in [-0.1, -0.05) is 116 Å².